The van der Waals surface area contributed by atoms with Crippen LogP contribution in [-0.4, -0.2) is 104 Å². The highest BCUT2D eigenvalue weighted by molar-refractivity contribution is 7.51. The van der Waals surface area contributed by atoms with E-state index in [1.807, 2.05) is 0 Å². The zero-order valence-electron chi connectivity index (χ0n) is 18.1. The molecule has 0 aliphatic carbocycles. The van der Waals surface area contributed by atoms with E-state index in [1.54, 1.807) is 6.08 Å². The molecule has 0 bridgehead atoms. The Bertz CT molecular complexity index is 457. The first-order valence-corrected chi connectivity index (χ1v) is 11.9. The molecule has 0 aliphatic heterocycles. The third-order valence-corrected chi connectivity index (χ3v) is 4.53. The first-order valence-electron chi connectivity index (χ1n) is 10.1. The number of hydrogen-bond acceptors (Lipinski definition) is 8. The summed E-state index contributed by atoms with van der Waals surface area (Å²) in [7, 11) is -4.14. The summed E-state index contributed by atoms with van der Waals surface area (Å²) in [5.41, 5.74) is 0. The maximum absolute atomic E-state index is 10.9. The van der Waals surface area contributed by atoms with Gasteiger partial charge >= 0.3 is 7.60 Å². The Morgan fingerprint density at radius 1 is 0.933 bits per heavy atom. The van der Waals surface area contributed by atoms with Crippen LogP contribution in [0.4, 0.5) is 0 Å². The number of hydrogen-bond donors (Lipinski definition) is 4. The van der Waals surface area contributed by atoms with Crippen LogP contribution >= 0.6 is 7.60 Å². The predicted molar refractivity (Wildman–Crippen MR) is 112 cm³/mol. The topological polar surface area (TPSA) is 144 Å². The van der Waals surface area contributed by atoms with E-state index in [2.05, 4.69) is 20.4 Å². The zero-order chi connectivity index (χ0) is 22.8. The smallest absolute Gasteiger partial charge is 0.327 e. The lowest BCUT2D eigenvalue weighted by molar-refractivity contribution is -0.119. The van der Waals surface area contributed by atoms with Crippen LogP contribution in [0.25, 0.3) is 0 Å². The van der Waals surface area contributed by atoms with Crippen LogP contribution in [0.3, 0.4) is 0 Å². The third-order valence-electron chi connectivity index (χ3n) is 3.77. The van der Waals surface area contributed by atoms with Crippen LogP contribution in [0, 0.1) is 5.92 Å². The molecule has 0 aliphatic rings. The fourth-order valence-corrected chi connectivity index (χ4v) is 2.41. The molecule has 30 heavy (non-hydrogen) atoms. The van der Waals surface area contributed by atoms with E-state index >= 15 is 0 Å². The Hall–Kier alpha value is -0.390. The molecule has 4 N–H and O–H groups in total. The molecule has 0 saturated heterocycles. The fraction of sp³-hybridized carbons (Fsp3) is 0.895. The fourth-order valence-electron chi connectivity index (χ4n) is 2.05. The van der Waals surface area contributed by atoms with Gasteiger partial charge in [-0.05, 0) is 12.3 Å². The first-order chi connectivity index (χ1) is 14.2. The average molecular weight is 458 g/mol. The van der Waals surface area contributed by atoms with Gasteiger partial charge in [-0.2, -0.15) is 0 Å². The van der Waals surface area contributed by atoms with E-state index in [-0.39, 0.29) is 32.5 Å². The highest BCUT2D eigenvalue weighted by Crippen LogP contribution is 2.33. The lowest BCUT2D eigenvalue weighted by Gasteiger charge is -2.24. The first kappa shape index (κ1) is 29.6. The van der Waals surface area contributed by atoms with Crippen molar-refractivity contribution in [3.63, 3.8) is 0 Å². The van der Waals surface area contributed by atoms with Crippen molar-refractivity contribution in [2.45, 2.75) is 38.6 Å². The van der Waals surface area contributed by atoms with Gasteiger partial charge in [-0.15, -0.1) is 6.58 Å². The maximum Gasteiger partial charge on any atom is 0.327 e. The number of aliphatic hydroxyl groups excluding tert-OH is 2. The monoisotopic (exact) mass is 458 g/mol. The van der Waals surface area contributed by atoms with Crippen molar-refractivity contribution < 1.29 is 48.2 Å². The lowest BCUT2D eigenvalue weighted by Crippen LogP contribution is -2.35. The minimum absolute atomic E-state index is 0.00654. The zero-order valence-corrected chi connectivity index (χ0v) is 19.0. The highest BCUT2D eigenvalue weighted by Gasteiger charge is 2.18. The standard InChI is InChI=1S/C19H39O10P/c1-4-6-25-12-18(13-26-7-5-16(2)3)29-15-19(28-11-17(21)10-20)14-27-8-9-30(22,23)24/h4,16-21H,1,5-15H2,2-3H3,(H2,22,23,24). The van der Waals surface area contributed by atoms with Gasteiger partial charge in [0.2, 0.25) is 0 Å². The van der Waals surface area contributed by atoms with Gasteiger partial charge in [0.15, 0.2) is 0 Å². The molecule has 0 spiro atoms. The summed E-state index contributed by atoms with van der Waals surface area (Å²) < 4.78 is 38.6. The van der Waals surface area contributed by atoms with Crippen molar-refractivity contribution in [3.05, 3.63) is 12.7 Å². The van der Waals surface area contributed by atoms with E-state index in [1.165, 1.54) is 0 Å². The van der Waals surface area contributed by atoms with Gasteiger partial charge in [0.05, 0.1) is 59.0 Å². The van der Waals surface area contributed by atoms with Gasteiger partial charge in [-0.3, -0.25) is 4.57 Å². The quantitative estimate of drug-likeness (QED) is 0.109. The molecular weight excluding hydrogens is 419 g/mol. The molecule has 0 heterocycles. The molecule has 10 nitrogen and oxygen atoms in total. The molecular formula is C19H39O10P. The van der Waals surface area contributed by atoms with E-state index in [4.69, 9.17) is 38.6 Å². The average Bonchev–Trinajstić information content (AvgIpc) is 2.67. The molecule has 0 aromatic carbocycles. The second kappa shape index (κ2) is 18.2. The van der Waals surface area contributed by atoms with Crippen molar-refractivity contribution in [1.29, 1.82) is 0 Å². The van der Waals surface area contributed by atoms with Gasteiger partial charge in [0.1, 0.15) is 18.3 Å². The van der Waals surface area contributed by atoms with Crippen LogP contribution in [0.2, 0.25) is 0 Å². The molecule has 0 amide bonds. The SMILES string of the molecule is C=CCOCC(COCCC(C)C)OCC(COCCP(=O)(O)O)OCC(O)CO. The summed E-state index contributed by atoms with van der Waals surface area (Å²) in [6.07, 6.45) is 0.142. The molecule has 0 saturated carbocycles. The molecule has 0 fully saturated rings. The van der Waals surface area contributed by atoms with Gasteiger partial charge in [-0.25, -0.2) is 0 Å². The van der Waals surface area contributed by atoms with Gasteiger partial charge in [0.25, 0.3) is 0 Å². The van der Waals surface area contributed by atoms with E-state index in [0.29, 0.717) is 32.3 Å². The van der Waals surface area contributed by atoms with Crippen LogP contribution in [0.1, 0.15) is 20.3 Å². The van der Waals surface area contributed by atoms with Crippen molar-refractivity contribution in [1.82, 2.24) is 0 Å². The van der Waals surface area contributed by atoms with Gasteiger partial charge in [0, 0.05) is 6.61 Å². The molecule has 11 heteroatoms. The Morgan fingerprint density at radius 2 is 1.50 bits per heavy atom. The molecule has 0 rings (SSSR count). The van der Waals surface area contributed by atoms with E-state index in [9.17, 15) is 9.67 Å². The molecule has 0 aromatic rings. The summed E-state index contributed by atoms with van der Waals surface area (Å²) in [6, 6.07) is 0. The molecule has 0 aromatic heterocycles. The summed E-state index contributed by atoms with van der Waals surface area (Å²) in [6.45, 7) is 8.79. The summed E-state index contributed by atoms with van der Waals surface area (Å²) in [5.74, 6) is 0.530. The Balaban J connectivity index is 4.57. The van der Waals surface area contributed by atoms with Gasteiger partial charge < -0.3 is 43.7 Å². The molecule has 180 valence electrons. The van der Waals surface area contributed by atoms with Gasteiger partial charge in [-0.1, -0.05) is 19.9 Å². The van der Waals surface area contributed by atoms with Crippen molar-refractivity contribution in [2.75, 3.05) is 65.6 Å². The van der Waals surface area contributed by atoms with E-state index in [0.717, 1.165) is 6.42 Å². The predicted octanol–water partition coefficient (Wildman–Crippen LogP) is 0.570. The van der Waals surface area contributed by atoms with E-state index < -0.39 is 32.6 Å². The summed E-state index contributed by atoms with van der Waals surface area (Å²) >= 11 is 0. The Morgan fingerprint density at radius 3 is 2.07 bits per heavy atom. The second-order valence-electron chi connectivity index (χ2n) is 7.29. The molecule has 0 radical (unpaired) electrons. The summed E-state index contributed by atoms with van der Waals surface area (Å²) in [4.78, 5) is 17.8. The number of rotatable bonds is 21. The second-order valence-corrected chi connectivity index (χ2v) is 9.07. The third kappa shape index (κ3) is 19.6. The normalized spacial score (nSPS) is 15.3. The lowest BCUT2D eigenvalue weighted by atomic mass is 10.1. The van der Waals surface area contributed by atoms with Crippen molar-refractivity contribution in [2.24, 2.45) is 5.92 Å². The minimum atomic E-state index is -4.14. The number of ether oxygens (including phenoxy) is 5. The molecule has 3 unspecified atom stereocenters. The Kier molecular flexibility index (Phi) is 18.0. The van der Waals surface area contributed by atoms with Crippen molar-refractivity contribution >= 4 is 7.60 Å². The van der Waals surface area contributed by atoms with Crippen LogP contribution in [0.15, 0.2) is 12.7 Å². The minimum Gasteiger partial charge on any atom is -0.394 e. The molecule has 3 atom stereocenters. The van der Waals surface area contributed by atoms with Crippen molar-refractivity contribution in [3.8, 4) is 0 Å². The van der Waals surface area contributed by atoms with Crippen LogP contribution < -0.4 is 0 Å². The summed E-state index contributed by atoms with van der Waals surface area (Å²) in [5, 5.41) is 18.4. The van der Waals surface area contributed by atoms with Crippen LogP contribution in [0.5, 0.6) is 0 Å². The number of aliphatic hydroxyl groups is 2. The highest BCUT2D eigenvalue weighted by atomic mass is 31.2. The maximum atomic E-state index is 10.9. The largest absolute Gasteiger partial charge is 0.394 e. The van der Waals surface area contributed by atoms with Crippen LogP contribution in [-0.2, 0) is 28.2 Å². The Labute approximate surface area is 179 Å².